The lowest BCUT2D eigenvalue weighted by Crippen LogP contribution is -2.42. The summed E-state index contributed by atoms with van der Waals surface area (Å²) >= 11 is 3.42. The van der Waals surface area contributed by atoms with Gasteiger partial charge in [0.05, 0.1) is 18.1 Å². The van der Waals surface area contributed by atoms with Crippen molar-refractivity contribution in [3.63, 3.8) is 0 Å². The molecule has 1 saturated heterocycles. The average Bonchev–Trinajstić information content (AvgIpc) is 3.24. The van der Waals surface area contributed by atoms with Crippen molar-refractivity contribution in [3.8, 4) is 0 Å². The first-order valence-corrected chi connectivity index (χ1v) is 10.5. The van der Waals surface area contributed by atoms with E-state index in [1.54, 1.807) is 0 Å². The van der Waals surface area contributed by atoms with Gasteiger partial charge in [-0.25, -0.2) is 8.42 Å². The summed E-state index contributed by atoms with van der Waals surface area (Å²) in [7, 11) is -3.02. The van der Waals surface area contributed by atoms with Crippen LogP contribution in [0.25, 0.3) is 0 Å². The Morgan fingerprint density at radius 2 is 2.08 bits per heavy atom. The summed E-state index contributed by atoms with van der Waals surface area (Å²) < 4.78 is 23.7. The fraction of sp³-hybridized carbons (Fsp3) is 0.500. The highest BCUT2D eigenvalue weighted by atomic mass is 79.9. The van der Waals surface area contributed by atoms with E-state index in [4.69, 9.17) is 0 Å². The molecule has 0 bridgehead atoms. The van der Waals surface area contributed by atoms with E-state index < -0.39 is 9.84 Å². The summed E-state index contributed by atoms with van der Waals surface area (Å²) in [6.45, 7) is -0.114. The minimum Gasteiger partial charge on any atom is -0.351 e. The predicted octanol–water partition coefficient (Wildman–Crippen LogP) is 0.972. The molecular weight excluding hydrogens is 396 g/mol. The summed E-state index contributed by atoms with van der Waals surface area (Å²) in [4.78, 5) is 23.9. The maximum atomic E-state index is 12.1. The van der Waals surface area contributed by atoms with Crippen LogP contribution in [-0.4, -0.2) is 44.3 Å². The third-order valence-corrected chi connectivity index (χ3v) is 6.69. The quantitative estimate of drug-likeness (QED) is 0.750. The molecule has 3 rings (SSSR count). The first-order chi connectivity index (χ1) is 11.3. The maximum absolute atomic E-state index is 12.1. The van der Waals surface area contributed by atoms with Gasteiger partial charge in [0, 0.05) is 16.4 Å². The number of sulfone groups is 1. The van der Waals surface area contributed by atoms with Crippen LogP contribution in [-0.2, 0) is 19.4 Å². The van der Waals surface area contributed by atoms with E-state index >= 15 is 0 Å². The number of hydrogen-bond acceptors (Lipinski definition) is 4. The molecule has 2 fully saturated rings. The molecular formula is C16H19BrN2O4S. The number of benzene rings is 1. The second-order valence-corrected chi connectivity index (χ2v) is 9.53. The molecule has 0 unspecified atom stereocenters. The van der Waals surface area contributed by atoms with Crippen LogP contribution in [0.3, 0.4) is 0 Å². The van der Waals surface area contributed by atoms with Crippen molar-refractivity contribution >= 4 is 37.6 Å². The van der Waals surface area contributed by atoms with Crippen molar-refractivity contribution in [2.45, 2.75) is 24.8 Å². The third-order valence-electron chi connectivity index (χ3n) is 4.42. The Labute approximate surface area is 149 Å². The van der Waals surface area contributed by atoms with E-state index in [1.165, 1.54) is 0 Å². The van der Waals surface area contributed by atoms with Crippen molar-refractivity contribution in [3.05, 3.63) is 34.3 Å². The summed E-state index contributed by atoms with van der Waals surface area (Å²) in [6.07, 6.45) is 1.22. The fourth-order valence-corrected chi connectivity index (χ4v) is 5.17. The Balaban J connectivity index is 1.43. The van der Waals surface area contributed by atoms with Crippen molar-refractivity contribution in [1.29, 1.82) is 0 Å². The van der Waals surface area contributed by atoms with Crippen molar-refractivity contribution in [2.24, 2.45) is 5.92 Å². The van der Waals surface area contributed by atoms with Gasteiger partial charge >= 0.3 is 0 Å². The molecule has 8 heteroatoms. The molecule has 3 atom stereocenters. The van der Waals surface area contributed by atoms with Gasteiger partial charge in [0.1, 0.15) is 0 Å². The largest absolute Gasteiger partial charge is 0.351 e. The summed E-state index contributed by atoms with van der Waals surface area (Å²) in [5, 5.41) is 5.30. The third kappa shape index (κ3) is 4.36. The zero-order chi connectivity index (χ0) is 17.3. The second-order valence-electron chi connectivity index (χ2n) is 6.39. The molecule has 1 aromatic carbocycles. The molecule has 6 nitrogen and oxygen atoms in total. The van der Waals surface area contributed by atoms with Crippen LogP contribution in [0, 0.1) is 5.92 Å². The van der Waals surface area contributed by atoms with Crippen molar-refractivity contribution < 1.29 is 18.0 Å². The lowest BCUT2D eigenvalue weighted by atomic mass is 10.1. The summed E-state index contributed by atoms with van der Waals surface area (Å²) in [6, 6.07) is 7.54. The Morgan fingerprint density at radius 3 is 2.75 bits per heavy atom. The Morgan fingerprint density at radius 1 is 1.29 bits per heavy atom. The Bertz CT molecular complexity index is 765. The zero-order valence-electron chi connectivity index (χ0n) is 13.0. The van der Waals surface area contributed by atoms with Gasteiger partial charge in [0.15, 0.2) is 9.84 Å². The summed E-state index contributed by atoms with van der Waals surface area (Å²) in [5.74, 6) is -0.273. The molecule has 1 aliphatic carbocycles. The topological polar surface area (TPSA) is 92.3 Å². The molecule has 0 radical (unpaired) electrons. The smallest absolute Gasteiger partial charge is 0.239 e. The molecule has 1 heterocycles. The number of nitrogens with one attached hydrogen (secondary N) is 2. The number of rotatable bonds is 5. The molecule has 2 N–H and O–H groups in total. The monoisotopic (exact) mass is 414 g/mol. The van der Waals surface area contributed by atoms with Crippen LogP contribution < -0.4 is 10.6 Å². The number of carbonyl (C=O) groups is 2. The number of halogens is 1. The standard InChI is InChI=1S/C16H19BrN2O4S/c17-11-3-1-2-10(6-11)13-7-14(13)16(21)18-8-15(20)19-12-4-5-24(22,23)9-12/h1-3,6,12-14H,4-5,7-9H2,(H,18,21)(H,19,20)/t12-,13-,14+/m0/s1. The molecule has 2 aliphatic rings. The average molecular weight is 415 g/mol. The highest BCUT2D eigenvalue weighted by molar-refractivity contribution is 9.10. The van der Waals surface area contributed by atoms with Gasteiger partial charge in [-0.1, -0.05) is 28.1 Å². The normalized spacial score (nSPS) is 27.5. The van der Waals surface area contributed by atoms with Gasteiger partial charge in [0.25, 0.3) is 0 Å². The predicted molar refractivity (Wildman–Crippen MR) is 93.2 cm³/mol. The first-order valence-electron chi connectivity index (χ1n) is 7.87. The number of hydrogen-bond donors (Lipinski definition) is 2. The van der Waals surface area contributed by atoms with Gasteiger partial charge < -0.3 is 10.6 Å². The van der Waals surface area contributed by atoms with E-state index in [0.29, 0.717) is 6.42 Å². The van der Waals surface area contributed by atoms with Crippen LogP contribution >= 0.6 is 15.9 Å². The maximum Gasteiger partial charge on any atom is 0.239 e. The molecule has 2 amide bonds. The van der Waals surface area contributed by atoms with Crippen LogP contribution in [0.15, 0.2) is 28.7 Å². The van der Waals surface area contributed by atoms with Crippen LogP contribution in [0.4, 0.5) is 0 Å². The fourth-order valence-electron chi connectivity index (χ4n) is 3.08. The Hall–Kier alpha value is -1.41. The highest BCUT2D eigenvalue weighted by Gasteiger charge is 2.44. The van der Waals surface area contributed by atoms with Crippen LogP contribution in [0.2, 0.25) is 0 Å². The lowest BCUT2D eigenvalue weighted by Gasteiger charge is -2.11. The molecule has 0 aromatic heterocycles. The zero-order valence-corrected chi connectivity index (χ0v) is 15.4. The van der Waals surface area contributed by atoms with Crippen LogP contribution in [0.1, 0.15) is 24.3 Å². The van der Waals surface area contributed by atoms with Crippen molar-refractivity contribution in [1.82, 2.24) is 10.6 Å². The van der Waals surface area contributed by atoms with Gasteiger partial charge in [-0.3, -0.25) is 9.59 Å². The molecule has 1 saturated carbocycles. The second kappa shape index (κ2) is 6.84. The van der Waals surface area contributed by atoms with Crippen LogP contribution in [0.5, 0.6) is 0 Å². The SMILES string of the molecule is O=C(CNC(=O)[C@@H]1C[C@H]1c1cccc(Br)c1)N[C@H]1CCS(=O)(=O)C1. The minimum atomic E-state index is -3.02. The van der Waals surface area contributed by atoms with E-state index in [-0.39, 0.29) is 47.7 Å². The molecule has 130 valence electrons. The lowest BCUT2D eigenvalue weighted by molar-refractivity contribution is -0.127. The Kier molecular flexibility index (Phi) is 4.96. The molecule has 24 heavy (non-hydrogen) atoms. The van der Waals surface area contributed by atoms with Gasteiger partial charge in [-0.2, -0.15) is 0 Å². The van der Waals surface area contributed by atoms with Gasteiger partial charge in [0.2, 0.25) is 11.8 Å². The molecule has 1 aliphatic heterocycles. The molecule has 1 aromatic rings. The van der Waals surface area contributed by atoms with E-state index in [9.17, 15) is 18.0 Å². The van der Waals surface area contributed by atoms with Gasteiger partial charge in [-0.05, 0) is 36.5 Å². The van der Waals surface area contributed by atoms with E-state index in [1.807, 2.05) is 24.3 Å². The number of amides is 2. The minimum absolute atomic E-state index is 0.0136. The first kappa shape index (κ1) is 17.4. The highest BCUT2D eigenvalue weighted by Crippen LogP contribution is 2.47. The molecule has 0 spiro atoms. The van der Waals surface area contributed by atoms with E-state index in [2.05, 4.69) is 26.6 Å². The van der Waals surface area contributed by atoms with Gasteiger partial charge in [-0.15, -0.1) is 0 Å². The summed E-state index contributed by atoms with van der Waals surface area (Å²) in [5.41, 5.74) is 1.12. The van der Waals surface area contributed by atoms with Crippen molar-refractivity contribution in [2.75, 3.05) is 18.1 Å². The van der Waals surface area contributed by atoms with E-state index in [0.717, 1.165) is 16.5 Å². The number of carbonyl (C=O) groups excluding carboxylic acids is 2.